The lowest BCUT2D eigenvalue weighted by Crippen LogP contribution is -2.36. The van der Waals surface area contributed by atoms with Gasteiger partial charge in [-0.3, -0.25) is 4.79 Å². The van der Waals surface area contributed by atoms with E-state index in [9.17, 15) is 4.79 Å². The van der Waals surface area contributed by atoms with Crippen LogP contribution in [0.5, 0.6) is 0 Å². The van der Waals surface area contributed by atoms with Crippen molar-refractivity contribution in [1.29, 1.82) is 0 Å². The van der Waals surface area contributed by atoms with E-state index in [1.54, 1.807) is 0 Å². The number of carbonyl (C=O) groups excluding carboxylic acids is 1. The lowest BCUT2D eigenvalue weighted by molar-refractivity contribution is -0.118. The Morgan fingerprint density at radius 1 is 1.29 bits per heavy atom. The van der Waals surface area contributed by atoms with E-state index in [0.29, 0.717) is 12.1 Å². The zero-order valence-electron chi connectivity index (χ0n) is 13.0. The van der Waals surface area contributed by atoms with E-state index in [2.05, 4.69) is 10.2 Å². The molecule has 1 atom stereocenters. The second-order valence-electron chi connectivity index (χ2n) is 5.09. The Hall–Kier alpha value is -1.01. The van der Waals surface area contributed by atoms with Gasteiger partial charge in [0.05, 0.1) is 0 Å². The summed E-state index contributed by atoms with van der Waals surface area (Å²) in [6.07, 6.45) is 0.492. The molecular weight excluding hydrogens is 396 g/mol. The summed E-state index contributed by atoms with van der Waals surface area (Å²) in [4.78, 5) is 14.2. The second kappa shape index (κ2) is 7.91. The molecular formula is C15H15Cl4N3O2. The standard InChI is InChI=1S/C15H15Cl4N3O2/c1-3-10(16)13(23)22(11-7-5-4-6-9(11)2)8-12-20-21-14(24-12)15(17,18)19/h4-7,10H,3,8H2,1-2H3. The summed E-state index contributed by atoms with van der Waals surface area (Å²) in [5, 5.41) is 6.87. The molecule has 24 heavy (non-hydrogen) atoms. The molecule has 1 heterocycles. The van der Waals surface area contributed by atoms with Crippen molar-refractivity contribution in [2.75, 3.05) is 4.90 Å². The van der Waals surface area contributed by atoms with Gasteiger partial charge in [0.2, 0.25) is 11.8 Å². The summed E-state index contributed by atoms with van der Waals surface area (Å²) >= 11 is 23.3. The summed E-state index contributed by atoms with van der Waals surface area (Å²) in [5.74, 6) is -0.271. The van der Waals surface area contributed by atoms with Crippen molar-refractivity contribution in [3.8, 4) is 0 Å². The smallest absolute Gasteiger partial charge is 0.268 e. The van der Waals surface area contributed by atoms with Gasteiger partial charge < -0.3 is 9.32 Å². The van der Waals surface area contributed by atoms with E-state index < -0.39 is 9.17 Å². The number of hydrogen-bond acceptors (Lipinski definition) is 4. The molecule has 1 aromatic heterocycles. The van der Waals surface area contributed by atoms with Crippen molar-refractivity contribution in [3.05, 3.63) is 41.6 Å². The molecule has 0 fully saturated rings. The van der Waals surface area contributed by atoms with E-state index in [1.807, 2.05) is 38.1 Å². The monoisotopic (exact) mass is 409 g/mol. The molecule has 5 nitrogen and oxygen atoms in total. The maximum Gasteiger partial charge on any atom is 0.268 e. The number of anilines is 1. The fourth-order valence-electron chi connectivity index (χ4n) is 2.06. The number of hydrogen-bond donors (Lipinski definition) is 0. The highest BCUT2D eigenvalue weighted by Gasteiger charge is 2.31. The predicted octanol–water partition coefficient (Wildman–Crippen LogP) is 4.76. The number of nitrogens with zero attached hydrogens (tertiary/aromatic N) is 3. The van der Waals surface area contributed by atoms with Gasteiger partial charge in [0, 0.05) is 5.69 Å². The van der Waals surface area contributed by atoms with Gasteiger partial charge in [-0.25, -0.2) is 0 Å². The van der Waals surface area contributed by atoms with E-state index in [-0.39, 0.29) is 24.2 Å². The van der Waals surface area contributed by atoms with Crippen LogP contribution in [0.15, 0.2) is 28.7 Å². The number of carbonyl (C=O) groups is 1. The molecule has 0 saturated carbocycles. The van der Waals surface area contributed by atoms with Crippen LogP contribution in [-0.4, -0.2) is 21.5 Å². The Morgan fingerprint density at radius 2 is 1.96 bits per heavy atom. The van der Waals surface area contributed by atoms with E-state index in [0.717, 1.165) is 5.56 Å². The second-order valence-corrected chi connectivity index (χ2v) is 7.89. The zero-order chi connectivity index (χ0) is 17.9. The summed E-state index contributed by atoms with van der Waals surface area (Å²) in [6, 6.07) is 7.43. The van der Waals surface area contributed by atoms with Crippen molar-refractivity contribution >= 4 is 58.0 Å². The summed E-state index contributed by atoms with van der Waals surface area (Å²) in [7, 11) is 0. The van der Waals surface area contributed by atoms with Crippen LogP contribution in [0.4, 0.5) is 5.69 Å². The first-order valence-corrected chi connectivity index (χ1v) is 8.71. The number of benzene rings is 1. The van der Waals surface area contributed by atoms with Gasteiger partial charge in [0.25, 0.3) is 9.68 Å². The number of amides is 1. The van der Waals surface area contributed by atoms with Crippen LogP contribution >= 0.6 is 46.4 Å². The molecule has 0 spiro atoms. The molecule has 0 radical (unpaired) electrons. The van der Waals surface area contributed by atoms with Crippen LogP contribution in [0.25, 0.3) is 0 Å². The first kappa shape index (κ1) is 19.3. The normalized spacial score (nSPS) is 12.9. The average molecular weight is 411 g/mol. The maximum atomic E-state index is 12.7. The Labute approximate surface area is 159 Å². The largest absolute Gasteiger partial charge is 0.419 e. The number of aryl methyl sites for hydroxylation is 1. The zero-order valence-corrected chi connectivity index (χ0v) is 16.0. The van der Waals surface area contributed by atoms with Gasteiger partial charge in [-0.1, -0.05) is 59.9 Å². The maximum absolute atomic E-state index is 12.7. The summed E-state index contributed by atoms with van der Waals surface area (Å²) < 4.78 is 3.53. The third-order valence-corrected chi connectivity index (χ3v) is 4.28. The van der Waals surface area contributed by atoms with Gasteiger partial charge in [0.15, 0.2) is 0 Å². The van der Waals surface area contributed by atoms with Crippen LogP contribution < -0.4 is 4.90 Å². The fourth-order valence-corrected chi connectivity index (χ4v) is 2.41. The Balaban J connectivity index is 2.35. The fraction of sp³-hybridized carbons (Fsp3) is 0.400. The summed E-state index contributed by atoms with van der Waals surface area (Å²) in [5.41, 5.74) is 1.61. The van der Waals surface area contributed by atoms with Crippen LogP contribution in [0.2, 0.25) is 0 Å². The van der Waals surface area contributed by atoms with Crippen LogP contribution in [0, 0.1) is 6.92 Å². The van der Waals surface area contributed by atoms with Crippen molar-refractivity contribution < 1.29 is 9.21 Å². The van der Waals surface area contributed by atoms with Crippen molar-refractivity contribution in [2.45, 2.75) is 36.0 Å². The number of alkyl halides is 4. The molecule has 1 aromatic carbocycles. The molecule has 9 heteroatoms. The first-order chi connectivity index (χ1) is 11.2. The molecule has 2 aromatic rings. The molecule has 1 unspecified atom stereocenters. The molecule has 130 valence electrons. The SMILES string of the molecule is CCC(Cl)C(=O)N(Cc1nnc(C(Cl)(Cl)Cl)o1)c1ccccc1C. The van der Waals surface area contributed by atoms with Crippen LogP contribution in [0.3, 0.4) is 0 Å². The molecule has 0 N–H and O–H groups in total. The Kier molecular flexibility index (Phi) is 6.37. The average Bonchev–Trinajstić information content (AvgIpc) is 3.01. The van der Waals surface area contributed by atoms with Crippen molar-refractivity contribution in [2.24, 2.45) is 0 Å². The molecule has 0 saturated heterocycles. The number of rotatable bonds is 5. The van der Waals surface area contributed by atoms with E-state index >= 15 is 0 Å². The number of halogens is 4. The minimum atomic E-state index is -1.82. The van der Waals surface area contributed by atoms with E-state index in [4.69, 9.17) is 50.8 Å². The lowest BCUT2D eigenvalue weighted by atomic mass is 10.1. The highest BCUT2D eigenvalue weighted by atomic mass is 35.6. The minimum absolute atomic E-state index is 0.0284. The third kappa shape index (κ3) is 4.54. The third-order valence-electron chi connectivity index (χ3n) is 3.30. The molecule has 1 amide bonds. The van der Waals surface area contributed by atoms with Crippen LogP contribution in [0.1, 0.15) is 30.7 Å². The van der Waals surface area contributed by atoms with Gasteiger partial charge in [-0.2, -0.15) is 0 Å². The minimum Gasteiger partial charge on any atom is -0.419 e. The molecule has 2 rings (SSSR count). The summed E-state index contributed by atoms with van der Waals surface area (Å²) in [6.45, 7) is 3.76. The molecule has 0 aliphatic rings. The molecule has 0 bridgehead atoms. The van der Waals surface area contributed by atoms with Gasteiger partial charge in [-0.05, 0) is 25.0 Å². The van der Waals surface area contributed by atoms with Gasteiger partial charge >= 0.3 is 0 Å². The number of aromatic nitrogens is 2. The van der Waals surface area contributed by atoms with E-state index in [1.165, 1.54) is 4.90 Å². The highest BCUT2D eigenvalue weighted by Crippen LogP contribution is 2.37. The highest BCUT2D eigenvalue weighted by molar-refractivity contribution is 6.66. The lowest BCUT2D eigenvalue weighted by Gasteiger charge is -2.24. The van der Waals surface area contributed by atoms with Crippen molar-refractivity contribution in [3.63, 3.8) is 0 Å². The van der Waals surface area contributed by atoms with Gasteiger partial charge in [0.1, 0.15) is 11.9 Å². The Bertz CT molecular complexity index is 715. The van der Waals surface area contributed by atoms with Crippen LogP contribution in [-0.2, 0) is 15.1 Å². The molecule has 0 aliphatic carbocycles. The quantitative estimate of drug-likeness (QED) is 0.667. The predicted molar refractivity (Wildman–Crippen MR) is 95.8 cm³/mol. The number of para-hydroxylation sites is 1. The topological polar surface area (TPSA) is 59.2 Å². The van der Waals surface area contributed by atoms with Gasteiger partial charge in [-0.15, -0.1) is 21.8 Å². The molecule has 0 aliphatic heterocycles. The van der Waals surface area contributed by atoms with Crippen molar-refractivity contribution in [1.82, 2.24) is 10.2 Å². The first-order valence-electron chi connectivity index (χ1n) is 7.14. The Morgan fingerprint density at radius 3 is 2.50 bits per heavy atom.